The van der Waals surface area contributed by atoms with Gasteiger partial charge in [-0.25, -0.2) is 4.79 Å². The lowest BCUT2D eigenvalue weighted by atomic mass is 9.97. The molecule has 0 saturated heterocycles. The van der Waals surface area contributed by atoms with Gasteiger partial charge in [-0.05, 0) is 13.8 Å². The molecule has 0 aromatic rings. The van der Waals surface area contributed by atoms with Crippen LogP contribution in [0, 0.1) is 0 Å². The Labute approximate surface area is 70.4 Å². The van der Waals surface area contributed by atoms with Crippen LogP contribution >= 0.6 is 0 Å². The minimum atomic E-state index is -1.60. The maximum atomic E-state index is 10.6. The first-order valence-electron chi connectivity index (χ1n) is 3.47. The largest absolute Gasteiger partial charge is 0.479 e. The Hall–Kier alpha value is -1.10. The molecule has 3 N–H and O–H groups in total. The van der Waals surface area contributed by atoms with Crippen molar-refractivity contribution in [2.45, 2.75) is 32.4 Å². The van der Waals surface area contributed by atoms with E-state index in [9.17, 15) is 9.59 Å². The zero-order valence-corrected chi connectivity index (χ0v) is 7.29. The van der Waals surface area contributed by atoms with Crippen LogP contribution < -0.4 is 5.32 Å². The number of aliphatic carboxylic acids is 1. The summed E-state index contributed by atoms with van der Waals surface area (Å²) in [5.74, 6) is -1.73. The Bertz CT molecular complexity index is 200. The van der Waals surface area contributed by atoms with E-state index in [0.717, 1.165) is 0 Å². The summed E-state index contributed by atoms with van der Waals surface area (Å²) in [7, 11) is 0. The van der Waals surface area contributed by atoms with Crippen molar-refractivity contribution in [3.63, 3.8) is 0 Å². The van der Waals surface area contributed by atoms with Crippen molar-refractivity contribution in [2.75, 3.05) is 0 Å². The molecule has 0 saturated carbocycles. The molecule has 0 aliphatic carbocycles. The van der Waals surface area contributed by atoms with E-state index in [1.54, 1.807) is 0 Å². The van der Waals surface area contributed by atoms with Crippen LogP contribution in [0.4, 0.5) is 0 Å². The summed E-state index contributed by atoms with van der Waals surface area (Å²) in [6.45, 7) is 4.14. The molecule has 0 spiro atoms. The molecule has 5 nitrogen and oxygen atoms in total. The summed E-state index contributed by atoms with van der Waals surface area (Å²) in [6, 6.07) is 0. The summed E-state index contributed by atoms with van der Waals surface area (Å²) in [5.41, 5.74) is -1.14. The van der Waals surface area contributed by atoms with Crippen LogP contribution in [0.25, 0.3) is 0 Å². The summed E-state index contributed by atoms with van der Waals surface area (Å²) < 4.78 is 0. The highest BCUT2D eigenvalue weighted by Gasteiger charge is 2.33. The predicted molar refractivity (Wildman–Crippen MR) is 41.5 cm³/mol. The fourth-order valence-electron chi connectivity index (χ4n) is 0.831. The molecule has 0 rings (SSSR count). The van der Waals surface area contributed by atoms with Crippen molar-refractivity contribution in [1.29, 1.82) is 0 Å². The molecule has 0 aromatic carbocycles. The third-order valence-corrected chi connectivity index (χ3v) is 1.42. The lowest BCUT2D eigenvalue weighted by Crippen LogP contribution is -2.54. The molecule has 0 bridgehead atoms. The van der Waals surface area contributed by atoms with Crippen LogP contribution in [0.2, 0.25) is 0 Å². The average Bonchev–Trinajstić information content (AvgIpc) is 1.82. The molecular formula is C7H13NO4. The van der Waals surface area contributed by atoms with Gasteiger partial charge in [0.05, 0.1) is 5.54 Å². The normalized spacial score (nSPS) is 13.7. The number of rotatable bonds is 3. The smallest absolute Gasteiger partial charge is 0.334 e. The van der Waals surface area contributed by atoms with Gasteiger partial charge in [0.25, 0.3) is 0 Å². The molecule has 0 aliphatic rings. The lowest BCUT2D eigenvalue weighted by Gasteiger charge is -2.28. The minimum absolute atomic E-state index is 0.375. The molecule has 70 valence electrons. The highest BCUT2D eigenvalue weighted by Crippen LogP contribution is 2.08. The minimum Gasteiger partial charge on any atom is -0.479 e. The van der Waals surface area contributed by atoms with E-state index in [0.29, 0.717) is 0 Å². The van der Waals surface area contributed by atoms with E-state index < -0.39 is 17.6 Å². The quantitative estimate of drug-likeness (QED) is 0.531. The van der Waals surface area contributed by atoms with E-state index in [1.165, 1.54) is 20.8 Å². The number of amides is 1. The number of carbonyl (C=O) groups is 2. The van der Waals surface area contributed by atoms with Gasteiger partial charge in [-0.3, -0.25) is 4.79 Å². The molecule has 0 heterocycles. The summed E-state index contributed by atoms with van der Waals surface area (Å²) in [6.07, 6.45) is -1.60. The van der Waals surface area contributed by atoms with Crippen molar-refractivity contribution < 1.29 is 19.8 Å². The number of aliphatic hydroxyl groups excluding tert-OH is 1. The van der Waals surface area contributed by atoms with Crippen LogP contribution in [0.3, 0.4) is 0 Å². The van der Waals surface area contributed by atoms with Gasteiger partial charge in [0, 0.05) is 6.92 Å². The maximum absolute atomic E-state index is 10.6. The molecule has 0 radical (unpaired) electrons. The molecule has 1 atom stereocenters. The molecule has 1 amide bonds. The topological polar surface area (TPSA) is 86.6 Å². The first-order chi connectivity index (χ1) is 5.27. The number of aliphatic hydroxyl groups is 1. The molecule has 5 heteroatoms. The van der Waals surface area contributed by atoms with Gasteiger partial charge in [0.15, 0.2) is 6.10 Å². The number of carbonyl (C=O) groups excluding carboxylic acids is 1. The van der Waals surface area contributed by atoms with Crippen LogP contribution in [0.15, 0.2) is 0 Å². The summed E-state index contributed by atoms with van der Waals surface area (Å²) in [4.78, 5) is 20.9. The molecular weight excluding hydrogens is 162 g/mol. The summed E-state index contributed by atoms with van der Waals surface area (Å²) >= 11 is 0. The Morgan fingerprint density at radius 1 is 1.42 bits per heavy atom. The van der Waals surface area contributed by atoms with Gasteiger partial charge in [-0.1, -0.05) is 0 Å². The van der Waals surface area contributed by atoms with Crippen molar-refractivity contribution in [1.82, 2.24) is 5.32 Å². The second-order valence-electron chi connectivity index (χ2n) is 3.14. The van der Waals surface area contributed by atoms with Crippen LogP contribution in [0.1, 0.15) is 20.8 Å². The zero-order valence-electron chi connectivity index (χ0n) is 7.29. The number of carboxylic acids is 1. The van der Waals surface area contributed by atoms with Crippen LogP contribution in [-0.4, -0.2) is 33.7 Å². The third-order valence-electron chi connectivity index (χ3n) is 1.42. The third kappa shape index (κ3) is 2.87. The maximum Gasteiger partial charge on any atom is 0.334 e. The second-order valence-corrected chi connectivity index (χ2v) is 3.14. The standard InChI is InChI=1S/C7H13NO4/c1-4(9)8-7(2,3)5(10)6(11)12/h5,10H,1-3H3,(H,8,9)(H,11,12). The number of hydrogen-bond donors (Lipinski definition) is 3. The van der Waals surface area contributed by atoms with Crippen molar-refractivity contribution in [2.24, 2.45) is 0 Å². The number of hydrogen-bond acceptors (Lipinski definition) is 3. The van der Waals surface area contributed by atoms with E-state index in [1.807, 2.05) is 0 Å². The zero-order chi connectivity index (χ0) is 9.94. The average molecular weight is 175 g/mol. The van der Waals surface area contributed by atoms with Gasteiger partial charge >= 0.3 is 5.97 Å². The van der Waals surface area contributed by atoms with Gasteiger partial charge < -0.3 is 15.5 Å². The Morgan fingerprint density at radius 3 is 2.08 bits per heavy atom. The van der Waals surface area contributed by atoms with Gasteiger partial charge in [-0.2, -0.15) is 0 Å². The lowest BCUT2D eigenvalue weighted by molar-refractivity contribution is -0.151. The highest BCUT2D eigenvalue weighted by molar-refractivity contribution is 5.78. The molecule has 12 heavy (non-hydrogen) atoms. The fraction of sp³-hybridized carbons (Fsp3) is 0.714. The van der Waals surface area contributed by atoms with Gasteiger partial charge in [-0.15, -0.1) is 0 Å². The number of nitrogens with one attached hydrogen (secondary N) is 1. The second kappa shape index (κ2) is 3.53. The van der Waals surface area contributed by atoms with Gasteiger partial charge in [0.2, 0.25) is 5.91 Å². The van der Waals surface area contributed by atoms with E-state index in [4.69, 9.17) is 10.2 Å². The van der Waals surface area contributed by atoms with E-state index in [-0.39, 0.29) is 5.91 Å². The highest BCUT2D eigenvalue weighted by atomic mass is 16.4. The van der Waals surface area contributed by atoms with Gasteiger partial charge in [0.1, 0.15) is 0 Å². The monoisotopic (exact) mass is 175 g/mol. The molecule has 0 aromatic heterocycles. The number of carboxylic acid groups (broad SMARTS) is 1. The molecule has 0 fully saturated rings. The Balaban J connectivity index is 4.38. The van der Waals surface area contributed by atoms with Crippen molar-refractivity contribution >= 4 is 11.9 Å². The Morgan fingerprint density at radius 2 is 1.83 bits per heavy atom. The van der Waals surface area contributed by atoms with E-state index >= 15 is 0 Å². The SMILES string of the molecule is CC(=O)NC(C)(C)C(O)C(=O)O. The van der Waals surface area contributed by atoms with Crippen molar-refractivity contribution in [3.8, 4) is 0 Å². The van der Waals surface area contributed by atoms with Crippen LogP contribution in [0.5, 0.6) is 0 Å². The molecule has 0 aliphatic heterocycles. The summed E-state index contributed by atoms with van der Waals surface area (Å²) in [5, 5.41) is 19.8. The van der Waals surface area contributed by atoms with Crippen molar-refractivity contribution in [3.05, 3.63) is 0 Å². The first kappa shape index (κ1) is 10.9. The van der Waals surface area contributed by atoms with Crippen LogP contribution in [-0.2, 0) is 9.59 Å². The first-order valence-corrected chi connectivity index (χ1v) is 3.47. The Kier molecular flexibility index (Phi) is 3.21. The molecule has 1 unspecified atom stereocenters. The predicted octanol–water partition coefficient (Wildman–Crippen LogP) is -0.653. The van der Waals surface area contributed by atoms with E-state index in [2.05, 4.69) is 5.32 Å². The fourth-order valence-corrected chi connectivity index (χ4v) is 0.831.